The standard InChI is InChI=1S/C27H26N6O2S/c1-2-34-23-12-10-22(11-13-23)33-24(19-20-7-4-3-5-8-20)30-31-27(33)36-18-6-9-25-29-26(32-35-25)21-14-16-28-17-15-21/h3-5,7-8,10-17H,2,6,9,18-19H2,1H3. The molecule has 0 saturated heterocycles. The molecule has 0 bridgehead atoms. The van der Waals surface area contributed by atoms with Crippen LogP contribution in [0.4, 0.5) is 0 Å². The number of nitrogens with zero attached hydrogens (tertiary/aromatic N) is 6. The summed E-state index contributed by atoms with van der Waals surface area (Å²) in [4.78, 5) is 8.53. The number of hydrogen-bond donors (Lipinski definition) is 0. The van der Waals surface area contributed by atoms with Crippen molar-refractivity contribution in [1.29, 1.82) is 0 Å². The minimum absolute atomic E-state index is 0.584. The van der Waals surface area contributed by atoms with Crippen LogP contribution in [0.25, 0.3) is 17.1 Å². The average Bonchev–Trinajstić information content (AvgIpc) is 3.56. The van der Waals surface area contributed by atoms with Crippen LogP contribution in [-0.4, -0.2) is 42.2 Å². The van der Waals surface area contributed by atoms with Gasteiger partial charge in [-0.3, -0.25) is 9.55 Å². The number of aromatic nitrogens is 6. The third kappa shape index (κ3) is 5.80. The van der Waals surface area contributed by atoms with Gasteiger partial charge in [0.05, 0.1) is 6.61 Å². The monoisotopic (exact) mass is 498 g/mol. The van der Waals surface area contributed by atoms with E-state index in [1.807, 2.05) is 61.5 Å². The second-order valence-electron chi connectivity index (χ2n) is 8.02. The summed E-state index contributed by atoms with van der Waals surface area (Å²) in [6, 6.07) is 22.1. The molecular weight excluding hydrogens is 472 g/mol. The summed E-state index contributed by atoms with van der Waals surface area (Å²) in [5, 5.41) is 14.0. The Labute approximate surface area is 213 Å². The fraction of sp³-hybridized carbons (Fsp3) is 0.222. The Morgan fingerprint density at radius 3 is 2.53 bits per heavy atom. The van der Waals surface area contributed by atoms with Gasteiger partial charge in [-0.1, -0.05) is 47.3 Å². The molecule has 182 valence electrons. The van der Waals surface area contributed by atoms with Crippen molar-refractivity contribution in [1.82, 2.24) is 29.9 Å². The number of hydrogen-bond acceptors (Lipinski definition) is 8. The molecule has 9 heteroatoms. The summed E-state index contributed by atoms with van der Waals surface area (Å²) >= 11 is 1.67. The lowest BCUT2D eigenvalue weighted by molar-refractivity contribution is 0.340. The van der Waals surface area contributed by atoms with E-state index in [1.165, 1.54) is 5.56 Å². The van der Waals surface area contributed by atoms with Crippen LogP contribution in [0.15, 0.2) is 88.8 Å². The lowest BCUT2D eigenvalue weighted by Gasteiger charge is -2.11. The summed E-state index contributed by atoms with van der Waals surface area (Å²) < 4.78 is 13.2. The molecule has 0 spiro atoms. The quantitative estimate of drug-likeness (QED) is 0.176. The first-order valence-corrected chi connectivity index (χ1v) is 12.9. The molecule has 36 heavy (non-hydrogen) atoms. The summed E-state index contributed by atoms with van der Waals surface area (Å²) in [5.41, 5.74) is 3.09. The van der Waals surface area contributed by atoms with Crippen molar-refractivity contribution in [3.63, 3.8) is 0 Å². The van der Waals surface area contributed by atoms with E-state index >= 15 is 0 Å². The zero-order chi connectivity index (χ0) is 24.6. The number of pyridine rings is 1. The smallest absolute Gasteiger partial charge is 0.226 e. The van der Waals surface area contributed by atoms with Crippen LogP contribution in [-0.2, 0) is 12.8 Å². The molecule has 0 atom stereocenters. The number of benzene rings is 2. The molecule has 0 aliphatic carbocycles. The molecule has 0 fully saturated rings. The Kier molecular flexibility index (Phi) is 7.67. The molecule has 0 unspecified atom stereocenters. The number of ether oxygens (including phenoxy) is 1. The van der Waals surface area contributed by atoms with E-state index in [0.717, 1.165) is 40.2 Å². The fourth-order valence-corrected chi connectivity index (χ4v) is 4.68. The van der Waals surface area contributed by atoms with Crippen molar-refractivity contribution >= 4 is 11.8 Å². The van der Waals surface area contributed by atoms with Crippen molar-refractivity contribution in [2.24, 2.45) is 0 Å². The van der Waals surface area contributed by atoms with Crippen LogP contribution in [0.1, 0.15) is 30.6 Å². The summed E-state index contributed by atoms with van der Waals surface area (Å²) in [7, 11) is 0. The number of thioether (sulfide) groups is 1. The Balaban J connectivity index is 1.28. The minimum atomic E-state index is 0.584. The second kappa shape index (κ2) is 11.6. The highest BCUT2D eigenvalue weighted by molar-refractivity contribution is 7.99. The normalized spacial score (nSPS) is 11.0. The van der Waals surface area contributed by atoms with E-state index in [-0.39, 0.29) is 0 Å². The van der Waals surface area contributed by atoms with Crippen molar-refractivity contribution in [2.75, 3.05) is 12.4 Å². The minimum Gasteiger partial charge on any atom is -0.494 e. The molecule has 2 aromatic carbocycles. The molecule has 3 aromatic heterocycles. The Bertz CT molecular complexity index is 1370. The van der Waals surface area contributed by atoms with Crippen molar-refractivity contribution in [3.8, 4) is 22.8 Å². The van der Waals surface area contributed by atoms with E-state index in [1.54, 1.807) is 24.2 Å². The molecular formula is C27H26N6O2S. The molecule has 8 nitrogen and oxygen atoms in total. The maximum Gasteiger partial charge on any atom is 0.226 e. The fourth-order valence-electron chi connectivity index (χ4n) is 3.77. The molecule has 0 amide bonds. The zero-order valence-corrected chi connectivity index (χ0v) is 20.8. The highest BCUT2D eigenvalue weighted by Gasteiger charge is 2.16. The number of rotatable bonds is 11. The maximum absolute atomic E-state index is 5.62. The van der Waals surface area contributed by atoms with Crippen LogP contribution < -0.4 is 4.74 Å². The average molecular weight is 499 g/mol. The van der Waals surface area contributed by atoms with Gasteiger partial charge in [-0.15, -0.1) is 10.2 Å². The third-order valence-corrected chi connectivity index (χ3v) is 6.50. The van der Waals surface area contributed by atoms with Gasteiger partial charge in [0.1, 0.15) is 11.6 Å². The predicted octanol–water partition coefficient (Wildman–Crippen LogP) is 5.43. The van der Waals surface area contributed by atoms with Crippen molar-refractivity contribution in [2.45, 2.75) is 31.3 Å². The Hall–Kier alpha value is -3.98. The van der Waals surface area contributed by atoms with Crippen LogP contribution in [0.2, 0.25) is 0 Å². The van der Waals surface area contributed by atoms with Crippen LogP contribution in [0.3, 0.4) is 0 Å². The van der Waals surface area contributed by atoms with E-state index in [9.17, 15) is 0 Å². The highest BCUT2D eigenvalue weighted by Crippen LogP contribution is 2.26. The van der Waals surface area contributed by atoms with Gasteiger partial charge in [-0.2, -0.15) is 4.98 Å². The van der Waals surface area contributed by atoms with Crippen molar-refractivity contribution in [3.05, 3.63) is 96.4 Å². The topological polar surface area (TPSA) is 91.8 Å². The van der Waals surface area contributed by atoms with E-state index in [0.29, 0.717) is 31.2 Å². The van der Waals surface area contributed by atoms with Crippen LogP contribution >= 0.6 is 11.8 Å². The lowest BCUT2D eigenvalue weighted by atomic mass is 10.1. The predicted molar refractivity (Wildman–Crippen MR) is 138 cm³/mol. The van der Waals surface area contributed by atoms with Crippen LogP contribution in [0, 0.1) is 0 Å². The third-order valence-electron chi connectivity index (χ3n) is 5.48. The van der Waals surface area contributed by atoms with Crippen molar-refractivity contribution < 1.29 is 9.26 Å². The van der Waals surface area contributed by atoms with E-state index < -0.39 is 0 Å². The second-order valence-corrected chi connectivity index (χ2v) is 9.09. The van der Waals surface area contributed by atoms with Gasteiger partial charge in [-0.25, -0.2) is 0 Å². The lowest BCUT2D eigenvalue weighted by Crippen LogP contribution is -2.04. The largest absolute Gasteiger partial charge is 0.494 e. The zero-order valence-electron chi connectivity index (χ0n) is 19.9. The summed E-state index contributed by atoms with van der Waals surface area (Å²) in [6.45, 7) is 2.62. The molecule has 0 aliphatic heterocycles. The Morgan fingerprint density at radius 2 is 1.75 bits per heavy atom. The van der Waals surface area contributed by atoms with Crippen LogP contribution in [0.5, 0.6) is 5.75 Å². The van der Waals surface area contributed by atoms with Gasteiger partial charge in [0.15, 0.2) is 5.16 Å². The first-order valence-electron chi connectivity index (χ1n) is 11.9. The molecule has 5 aromatic rings. The molecule has 5 rings (SSSR count). The summed E-state index contributed by atoms with van der Waals surface area (Å²) in [6.07, 6.45) is 5.69. The molecule has 3 heterocycles. The van der Waals surface area contributed by atoms with Gasteiger partial charge in [0.25, 0.3) is 0 Å². The first-order chi connectivity index (χ1) is 17.8. The summed E-state index contributed by atoms with van der Waals surface area (Å²) in [5.74, 6) is 3.79. The van der Waals surface area contributed by atoms with E-state index in [2.05, 4.69) is 42.0 Å². The van der Waals surface area contributed by atoms with Gasteiger partial charge in [0.2, 0.25) is 11.7 Å². The van der Waals surface area contributed by atoms with Gasteiger partial charge in [0, 0.05) is 42.2 Å². The molecule has 0 radical (unpaired) electrons. The van der Waals surface area contributed by atoms with Gasteiger partial charge in [-0.05, 0) is 55.3 Å². The van der Waals surface area contributed by atoms with Gasteiger partial charge < -0.3 is 9.26 Å². The number of aryl methyl sites for hydroxylation is 1. The first kappa shape index (κ1) is 23.7. The molecule has 0 aliphatic rings. The SMILES string of the molecule is CCOc1ccc(-n2c(Cc3ccccc3)nnc2SCCCc2nc(-c3ccncc3)no2)cc1. The molecule has 0 saturated carbocycles. The Morgan fingerprint density at radius 1 is 0.944 bits per heavy atom. The molecule has 0 N–H and O–H groups in total. The van der Waals surface area contributed by atoms with E-state index in [4.69, 9.17) is 9.26 Å². The highest BCUT2D eigenvalue weighted by atomic mass is 32.2. The maximum atomic E-state index is 5.62. The van der Waals surface area contributed by atoms with Gasteiger partial charge >= 0.3 is 0 Å².